The third-order valence-corrected chi connectivity index (χ3v) is 4.23. The first-order chi connectivity index (χ1) is 8.74. The third kappa shape index (κ3) is 2.02. The van der Waals surface area contributed by atoms with Crippen LogP contribution in [0.25, 0.3) is 22.0 Å². The molecule has 0 saturated heterocycles. The summed E-state index contributed by atoms with van der Waals surface area (Å²) in [5.74, 6) is 0. The van der Waals surface area contributed by atoms with Gasteiger partial charge in [0.1, 0.15) is 16.4 Å². The first-order valence-corrected chi connectivity index (χ1v) is 7.23. The summed E-state index contributed by atoms with van der Waals surface area (Å²) in [7, 11) is 0. The number of hydrogen-bond donors (Lipinski definition) is 1. The average molecular weight is 273 g/mol. The Morgan fingerprint density at radius 2 is 1.72 bits per heavy atom. The van der Waals surface area contributed by atoms with Crippen molar-refractivity contribution < 1.29 is 0 Å². The molecule has 0 unspecified atom stereocenters. The van der Waals surface area contributed by atoms with Crippen LogP contribution in [0.15, 0.2) is 35.0 Å². The lowest BCUT2D eigenvalue weighted by Crippen LogP contribution is -1.88. The molecule has 2 heterocycles. The van der Waals surface area contributed by atoms with Crippen LogP contribution >= 0.6 is 22.7 Å². The van der Waals surface area contributed by atoms with Gasteiger partial charge in [-0.2, -0.15) is 0 Å². The molecule has 5 heteroatoms. The maximum absolute atomic E-state index is 5.96. The fourth-order valence-corrected chi connectivity index (χ4v) is 3.16. The van der Waals surface area contributed by atoms with Crippen molar-refractivity contribution in [2.24, 2.45) is 0 Å². The van der Waals surface area contributed by atoms with E-state index in [9.17, 15) is 0 Å². The minimum Gasteiger partial charge on any atom is -0.398 e. The second-order valence-electron chi connectivity index (χ2n) is 3.88. The SMILES string of the molecule is Cc1nc(-c2csc(-c3ccccc3N)n2)cs1. The molecule has 3 aromatic rings. The quantitative estimate of drug-likeness (QED) is 0.722. The minimum absolute atomic E-state index is 0.757. The van der Waals surface area contributed by atoms with Gasteiger partial charge in [-0.15, -0.1) is 22.7 Å². The van der Waals surface area contributed by atoms with Crippen molar-refractivity contribution >= 4 is 28.4 Å². The molecule has 0 aliphatic heterocycles. The summed E-state index contributed by atoms with van der Waals surface area (Å²) in [4.78, 5) is 9.05. The van der Waals surface area contributed by atoms with E-state index in [0.717, 1.165) is 32.7 Å². The van der Waals surface area contributed by atoms with Gasteiger partial charge in [0.05, 0.1) is 5.01 Å². The predicted molar refractivity (Wildman–Crippen MR) is 77.8 cm³/mol. The molecule has 0 aliphatic carbocycles. The Hall–Kier alpha value is -1.72. The van der Waals surface area contributed by atoms with Gasteiger partial charge in [-0.25, -0.2) is 9.97 Å². The molecule has 2 N–H and O–H groups in total. The second kappa shape index (κ2) is 4.51. The lowest BCUT2D eigenvalue weighted by atomic mass is 10.2. The number of nitrogens with zero attached hydrogens (tertiary/aromatic N) is 2. The summed E-state index contributed by atoms with van der Waals surface area (Å²) >= 11 is 3.23. The molecule has 0 fully saturated rings. The van der Waals surface area contributed by atoms with E-state index < -0.39 is 0 Å². The smallest absolute Gasteiger partial charge is 0.126 e. The number of thiazole rings is 2. The zero-order valence-electron chi connectivity index (χ0n) is 9.75. The van der Waals surface area contributed by atoms with E-state index in [1.165, 1.54) is 0 Å². The first-order valence-electron chi connectivity index (χ1n) is 5.47. The van der Waals surface area contributed by atoms with Crippen LogP contribution in [0.4, 0.5) is 5.69 Å². The van der Waals surface area contributed by atoms with Crippen LogP contribution in [-0.4, -0.2) is 9.97 Å². The van der Waals surface area contributed by atoms with Crippen molar-refractivity contribution in [3.8, 4) is 22.0 Å². The van der Waals surface area contributed by atoms with E-state index in [-0.39, 0.29) is 0 Å². The van der Waals surface area contributed by atoms with E-state index in [0.29, 0.717) is 0 Å². The second-order valence-corrected chi connectivity index (χ2v) is 5.80. The Labute approximate surface area is 113 Å². The molecule has 0 amide bonds. The summed E-state index contributed by atoms with van der Waals surface area (Å²) < 4.78 is 0. The molecule has 2 aromatic heterocycles. The van der Waals surface area contributed by atoms with Crippen molar-refractivity contribution in [3.05, 3.63) is 40.0 Å². The largest absolute Gasteiger partial charge is 0.398 e. The number of benzene rings is 1. The lowest BCUT2D eigenvalue weighted by molar-refractivity contribution is 1.27. The Kier molecular flexibility index (Phi) is 2.85. The summed E-state index contributed by atoms with van der Waals surface area (Å²) in [6, 6.07) is 7.78. The average Bonchev–Trinajstić information content (AvgIpc) is 2.98. The maximum atomic E-state index is 5.96. The normalized spacial score (nSPS) is 10.7. The molecule has 3 nitrogen and oxygen atoms in total. The molecule has 0 radical (unpaired) electrons. The summed E-state index contributed by atoms with van der Waals surface area (Å²) in [6.07, 6.45) is 0. The van der Waals surface area contributed by atoms with Crippen LogP contribution in [0.5, 0.6) is 0 Å². The van der Waals surface area contributed by atoms with Crippen molar-refractivity contribution in [2.45, 2.75) is 6.92 Å². The molecule has 0 atom stereocenters. The Balaban J connectivity index is 2.02. The first kappa shape index (κ1) is 11.4. The fraction of sp³-hybridized carbons (Fsp3) is 0.0769. The van der Waals surface area contributed by atoms with Gasteiger partial charge in [-0.3, -0.25) is 0 Å². The molecule has 0 aliphatic rings. The van der Waals surface area contributed by atoms with Gasteiger partial charge < -0.3 is 5.73 Å². The van der Waals surface area contributed by atoms with E-state index in [2.05, 4.69) is 9.97 Å². The maximum Gasteiger partial charge on any atom is 0.126 e. The monoisotopic (exact) mass is 273 g/mol. The highest BCUT2D eigenvalue weighted by Crippen LogP contribution is 2.32. The van der Waals surface area contributed by atoms with Crippen molar-refractivity contribution in [2.75, 3.05) is 5.73 Å². The molecule has 1 aromatic carbocycles. The van der Waals surface area contributed by atoms with Gasteiger partial charge in [-0.1, -0.05) is 12.1 Å². The predicted octanol–water partition coefficient (Wildman–Crippen LogP) is 3.82. The van der Waals surface area contributed by atoms with E-state index >= 15 is 0 Å². The molecule has 0 bridgehead atoms. The van der Waals surface area contributed by atoms with Crippen molar-refractivity contribution in [3.63, 3.8) is 0 Å². The van der Waals surface area contributed by atoms with Crippen molar-refractivity contribution in [1.82, 2.24) is 9.97 Å². The molecule has 0 spiro atoms. The van der Waals surface area contributed by atoms with E-state index in [1.807, 2.05) is 41.9 Å². The summed E-state index contributed by atoms with van der Waals surface area (Å²) in [5.41, 5.74) is 9.56. The number of nitrogens with two attached hydrogens (primary N) is 1. The number of hydrogen-bond acceptors (Lipinski definition) is 5. The van der Waals surface area contributed by atoms with Crippen LogP contribution in [-0.2, 0) is 0 Å². The third-order valence-electron chi connectivity index (χ3n) is 2.58. The molecular weight excluding hydrogens is 262 g/mol. The fourth-order valence-electron chi connectivity index (χ4n) is 1.69. The number of aromatic nitrogens is 2. The van der Waals surface area contributed by atoms with Crippen molar-refractivity contribution in [1.29, 1.82) is 0 Å². The zero-order valence-corrected chi connectivity index (χ0v) is 11.4. The van der Waals surface area contributed by atoms with Gasteiger partial charge in [-0.05, 0) is 19.1 Å². The topological polar surface area (TPSA) is 51.8 Å². The van der Waals surface area contributed by atoms with Gasteiger partial charge in [0.15, 0.2) is 0 Å². The lowest BCUT2D eigenvalue weighted by Gasteiger charge is -1.99. The number of rotatable bonds is 2. The number of nitrogen functional groups attached to an aromatic ring is 1. The van der Waals surface area contributed by atoms with Gasteiger partial charge in [0.2, 0.25) is 0 Å². The molecule has 18 heavy (non-hydrogen) atoms. The molecule has 3 rings (SSSR count). The van der Waals surface area contributed by atoms with E-state index in [1.54, 1.807) is 22.7 Å². The highest BCUT2D eigenvalue weighted by atomic mass is 32.1. The van der Waals surface area contributed by atoms with Crippen LogP contribution in [0, 0.1) is 6.92 Å². The van der Waals surface area contributed by atoms with Gasteiger partial charge in [0, 0.05) is 22.0 Å². The number of aryl methyl sites for hydroxylation is 1. The van der Waals surface area contributed by atoms with E-state index in [4.69, 9.17) is 5.73 Å². The standard InChI is InChI=1S/C13H11N3S2/c1-8-15-11(6-17-8)12-7-18-13(16-12)9-4-2-3-5-10(9)14/h2-7H,14H2,1H3. The highest BCUT2D eigenvalue weighted by Gasteiger charge is 2.10. The summed E-state index contributed by atoms with van der Waals surface area (Å²) in [6.45, 7) is 2.00. The highest BCUT2D eigenvalue weighted by molar-refractivity contribution is 7.13. The molecular formula is C13H11N3S2. The Bertz CT molecular complexity index is 685. The molecule has 90 valence electrons. The summed E-state index contributed by atoms with van der Waals surface area (Å²) in [5, 5.41) is 6.05. The molecule has 0 saturated carbocycles. The van der Waals surface area contributed by atoms with Crippen LogP contribution in [0.2, 0.25) is 0 Å². The minimum atomic E-state index is 0.757. The van der Waals surface area contributed by atoms with Crippen LogP contribution in [0.1, 0.15) is 5.01 Å². The van der Waals surface area contributed by atoms with Gasteiger partial charge >= 0.3 is 0 Å². The van der Waals surface area contributed by atoms with Crippen LogP contribution in [0.3, 0.4) is 0 Å². The zero-order chi connectivity index (χ0) is 12.5. The Morgan fingerprint density at radius 1 is 1.00 bits per heavy atom. The Morgan fingerprint density at radius 3 is 2.44 bits per heavy atom. The van der Waals surface area contributed by atoms with Crippen LogP contribution < -0.4 is 5.73 Å². The number of para-hydroxylation sites is 1. The number of anilines is 1. The van der Waals surface area contributed by atoms with Gasteiger partial charge in [0.25, 0.3) is 0 Å².